The van der Waals surface area contributed by atoms with Crippen LogP contribution < -0.4 is 0 Å². The molecule has 1 atom stereocenters. The predicted octanol–water partition coefficient (Wildman–Crippen LogP) is 5.79. The zero-order valence-electron chi connectivity index (χ0n) is 22.4. The van der Waals surface area contributed by atoms with Gasteiger partial charge in [0.1, 0.15) is 5.82 Å². The number of rotatable bonds is 9. The number of nitrogens with zero attached hydrogens (tertiary/aromatic N) is 2. The first-order valence-corrected chi connectivity index (χ1v) is 12.9. The van der Waals surface area contributed by atoms with Gasteiger partial charge in [0, 0.05) is 32.7 Å². The van der Waals surface area contributed by atoms with E-state index in [4.69, 9.17) is 4.74 Å². The SMILES string of the molecule is COC(=O)C(CCCN1CCN(Cc2ccc(C(C)(C)C)cc2)CC1)(c1ccc(F)cc1)C(C)C. The molecule has 0 radical (unpaired) electrons. The maximum absolute atomic E-state index is 13.6. The van der Waals surface area contributed by atoms with Crippen LogP contribution in [0.15, 0.2) is 48.5 Å². The second-order valence-corrected chi connectivity index (χ2v) is 11.3. The van der Waals surface area contributed by atoms with Crippen molar-refractivity contribution in [2.45, 2.75) is 64.8 Å². The number of carbonyl (C=O) groups excluding carboxylic acids is 1. The minimum Gasteiger partial charge on any atom is -0.468 e. The molecule has 1 aliphatic heterocycles. The van der Waals surface area contributed by atoms with Gasteiger partial charge in [-0.1, -0.05) is 71.0 Å². The molecule has 0 N–H and O–H groups in total. The van der Waals surface area contributed by atoms with Crippen molar-refractivity contribution in [1.29, 1.82) is 0 Å². The van der Waals surface area contributed by atoms with Crippen molar-refractivity contribution >= 4 is 5.97 Å². The van der Waals surface area contributed by atoms with E-state index in [2.05, 4.69) is 54.8 Å². The fourth-order valence-corrected chi connectivity index (χ4v) is 5.27. The fraction of sp³-hybridized carbons (Fsp3) is 0.567. The van der Waals surface area contributed by atoms with Crippen LogP contribution in [-0.2, 0) is 26.9 Å². The molecule has 5 heteroatoms. The van der Waals surface area contributed by atoms with E-state index in [0.717, 1.165) is 51.3 Å². The molecular formula is C30H43FN2O2. The Kier molecular flexibility index (Phi) is 9.11. The molecule has 1 saturated heterocycles. The normalized spacial score (nSPS) is 17.4. The second-order valence-electron chi connectivity index (χ2n) is 11.3. The number of methoxy groups -OCH3 is 1. The summed E-state index contributed by atoms with van der Waals surface area (Å²) in [5.74, 6) is -0.484. The maximum Gasteiger partial charge on any atom is 0.316 e. The highest BCUT2D eigenvalue weighted by Crippen LogP contribution is 2.38. The third-order valence-corrected chi connectivity index (χ3v) is 7.63. The number of hydrogen-bond acceptors (Lipinski definition) is 4. The van der Waals surface area contributed by atoms with Gasteiger partial charge in [0.05, 0.1) is 12.5 Å². The summed E-state index contributed by atoms with van der Waals surface area (Å²) in [6.07, 6.45) is 1.57. The Bertz CT molecular complexity index is 942. The van der Waals surface area contributed by atoms with Crippen molar-refractivity contribution in [2.75, 3.05) is 39.8 Å². The van der Waals surface area contributed by atoms with Gasteiger partial charge in [-0.25, -0.2) is 4.39 Å². The minimum atomic E-state index is -0.760. The molecule has 4 nitrogen and oxygen atoms in total. The van der Waals surface area contributed by atoms with Crippen LogP contribution in [0.4, 0.5) is 4.39 Å². The zero-order valence-corrected chi connectivity index (χ0v) is 22.4. The highest BCUT2D eigenvalue weighted by Gasteiger charge is 2.44. The van der Waals surface area contributed by atoms with Crippen molar-refractivity contribution < 1.29 is 13.9 Å². The lowest BCUT2D eigenvalue weighted by atomic mass is 9.68. The lowest BCUT2D eigenvalue weighted by Crippen LogP contribution is -2.47. The summed E-state index contributed by atoms with van der Waals surface area (Å²) in [5, 5.41) is 0. The smallest absolute Gasteiger partial charge is 0.316 e. The molecule has 3 rings (SSSR count). The molecular weight excluding hydrogens is 439 g/mol. The Morgan fingerprint density at radius 1 is 0.914 bits per heavy atom. The molecule has 0 aromatic heterocycles. The van der Waals surface area contributed by atoms with E-state index in [0.29, 0.717) is 6.42 Å². The van der Waals surface area contributed by atoms with Crippen LogP contribution in [0.2, 0.25) is 0 Å². The standard InChI is InChI=1S/C30H43FN2O2/c1-23(2)30(28(34)35-6,26-12-14-27(31)15-13-26)16-7-17-32-18-20-33(21-19-32)22-24-8-10-25(11-9-24)29(3,4)5/h8-15,23H,7,16-22H2,1-6H3. The van der Waals surface area contributed by atoms with Gasteiger partial charge in [-0.05, 0) is 59.5 Å². The molecule has 0 aliphatic carbocycles. The average Bonchev–Trinajstić information content (AvgIpc) is 2.83. The van der Waals surface area contributed by atoms with Gasteiger partial charge in [-0.2, -0.15) is 0 Å². The van der Waals surface area contributed by atoms with Gasteiger partial charge in [0.15, 0.2) is 0 Å². The van der Waals surface area contributed by atoms with E-state index in [1.807, 2.05) is 13.8 Å². The van der Waals surface area contributed by atoms with Gasteiger partial charge in [-0.15, -0.1) is 0 Å². The van der Waals surface area contributed by atoms with Crippen molar-refractivity contribution in [1.82, 2.24) is 9.80 Å². The molecule has 192 valence electrons. The van der Waals surface area contributed by atoms with Gasteiger partial charge in [-0.3, -0.25) is 9.69 Å². The molecule has 0 bridgehead atoms. The summed E-state index contributed by atoms with van der Waals surface area (Å²) < 4.78 is 18.8. The zero-order chi connectivity index (χ0) is 25.6. The number of esters is 1. The lowest BCUT2D eigenvalue weighted by molar-refractivity contribution is -0.150. The molecule has 2 aromatic carbocycles. The molecule has 2 aromatic rings. The quantitative estimate of drug-likeness (QED) is 0.424. The lowest BCUT2D eigenvalue weighted by Gasteiger charge is -2.38. The molecule has 0 saturated carbocycles. The molecule has 1 fully saturated rings. The first-order chi connectivity index (χ1) is 16.6. The summed E-state index contributed by atoms with van der Waals surface area (Å²) in [4.78, 5) is 18.0. The van der Waals surface area contributed by atoms with Gasteiger partial charge in [0.25, 0.3) is 0 Å². The van der Waals surface area contributed by atoms with Crippen LogP contribution in [-0.4, -0.2) is 55.6 Å². The van der Waals surface area contributed by atoms with Gasteiger partial charge in [0.2, 0.25) is 0 Å². The summed E-state index contributed by atoms with van der Waals surface area (Å²) in [7, 11) is 1.44. The highest BCUT2D eigenvalue weighted by atomic mass is 19.1. The number of halogens is 1. The van der Waals surface area contributed by atoms with Crippen LogP contribution in [0, 0.1) is 11.7 Å². The Hall–Kier alpha value is -2.24. The number of piperazine rings is 1. The first-order valence-electron chi connectivity index (χ1n) is 12.9. The Labute approximate surface area is 211 Å². The van der Waals surface area contributed by atoms with Crippen LogP contribution >= 0.6 is 0 Å². The van der Waals surface area contributed by atoms with E-state index in [9.17, 15) is 9.18 Å². The molecule has 0 spiro atoms. The Morgan fingerprint density at radius 2 is 1.46 bits per heavy atom. The summed E-state index contributed by atoms with van der Waals surface area (Å²) in [6, 6.07) is 15.4. The molecule has 1 unspecified atom stereocenters. The van der Waals surface area contributed by atoms with E-state index in [1.165, 1.54) is 30.4 Å². The van der Waals surface area contributed by atoms with Crippen molar-refractivity contribution in [2.24, 2.45) is 5.92 Å². The first kappa shape index (κ1) is 27.3. The van der Waals surface area contributed by atoms with Gasteiger partial charge < -0.3 is 9.64 Å². The third-order valence-electron chi connectivity index (χ3n) is 7.63. The van der Waals surface area contributed by atoms with E-state index < -0.39 is 5.41 Å². The number of benzene rings is 2. The Balaban J connectivity index is 1.54. The van der Waals surface area contributed by atoms with Crippen LogP contribution in [0.5, 0.6) is 0 Å². The van der Waals surface area contributed by atoms with Crippen molar-refractivity contribution in [3.05, 3.63) is 71.0 Å². The van der Waals surface area contributed by atoms with E-state index >= 15 is 0 Å². The number of ether oxygens (including phenoxy) is 1. The van der Waals surface area contributed by atoms with Crippen LogP contribution in [0.1, 0.15) is 64.2 Å². The summed E-state index contributed by atoms with van der Waals surface area (Å²) >= 11 is 0. The third kappa shape index (κ3) is 6.71. The van der Waals surface area contributed by atoms with E-state index in [-0.39, 0.29) is 23.1 Å². The van der Waals surface area contributed by atoms with Crippen LogP contribution in [0.3, 0.4) is 0 Å². The fourth-order valence-electron chi connectivity index (χ4n) is 5.27. The minimum absolute atomic E-state index is 0.0435. The van der Waals surface area contributed by atoms with Gasteiger partial charge >= 0.3 is 5.97 Å². The molecule has 1 heterocycles. The topological polar surface area (TPSA) is 32.8 Å². The average molecular weight is 483 g/mol. The second kappa shape index (κ2) is 11.7. The van der Waals surface area contributed by atoms with E-state index in [1.54, 1.807) is 12.1 Å². The van der Waals surface area contributed by atoms with Crippen LogP contribution in [0.25, 0.3) is 0 Å². The largest absolute Gasteiger partial charge is 0.468 e. The Morgan fingerprint density at radius 3 is 1.97 bits per heavy atom. The van der Waals surface area contributed by atoms with Crippen molar-refractivity contribution in [3.63, 3.8) is 0 Å². The molecule has 0 amide bonds. The highest BCUT2D eigenvalue weighted by molar-refractivity contribution is 5.83. The van der Waals surface area contributed by atoms with Crippen molar-refractivity contribution in [3.8, 4) is 0 Å². The summed E-state index contributed by atoms with van der Waals surface area (Å²) in [5.41, 5.74) is 3.00. The predicted molar refractivity (Wildman–Crippen MR) is 141 cm³/mol. The maximum atomic E-state index is 13.6. The molecule has 1 aliphatic rings. The number of carbonyl (C=O) groups is 1. The summed E-state index contributed by atoms with van der Waals surface area (Å²) in [6.45, 7) is 16.9. The number of hydrogen-bond donors (Lipinski definition) is 0. The monoisotopic (exact) mass is 482 g/mol. The molecule has 35 heavy (non-hydrogen) atoms.